The van der Waals surface area contributed by atoms with Gasteiger partial charge in [0, 0.05) is 24.8 Å². The third kappa shape index (κ3) is 4.19. The number of anilines is 1. The number of rotatable bonds is 6. The van der Waals surface area contributed by atoms with Crippen molar-refractivity contribution in [3.8, 4) is 0 Å². The number of sulfonamides is 1. The first-order valence-electron chi connectivity index (χ1n) is 7.92. The second kappa shape index (κ2) is 7.82. The van der Waals surface area contributed by atoms with E-state index in [-0.39, 0.29) is 12.5 Å². The van der Waals surface area contributed by atoms with Gasteiger partial charge in [-0.2, -0.15) is 4.31 Å². The van der Waals surface area contributed by atoms with E-state index < -0.39 is 10.0 Å². The number of thiophene rings is 1. The fourth-order valence-corrected chi connectivity index (χ4v) is 4.75. The molecule has 1 N–H and O–H groups in total. The van der Waals surface area contributed by atoms with Crippen LogP contribution in [0.15, 0.2) is 76.3 Å². The minimum absolute atomic E-state index is 0.206. The Bertz CT molecular complexity index is 967. The Kier molecular flexibility index (Phi) is 5.51. The monoisotopic (exact) mass is 386 g/mol. The Hall–Kier alpha value is -2.48. The molecule has 0 unspecified atom stereocenters. The van der Waals surface area contributed by atoms with E-state index in [4.69, 9.17) is 0 Å². The van der Waals surface area contributed by atoms with Crippen LogP contribution >= 0.6 is 11.3 Å². The Morgan fingerprint density at radius 1 is 1.00 bits per heavy atom. The summed E-state index contributed by atoms with van der Waals surface area (Å²) in [5, 5.41) is 4.55. The predicted octanol–water partition coefficient (Wildman–Crippen LogP) is 3.82. The van der Waals surface area contributed by atoms with Gasteiger partial charge in [0.25, 0.3) is 15.9 Å². The van der Waals surface area contributed by atoms with Crippen LogP contribution in [0.3, 0.4) is 0 Å². The van der Waals surface area contributed by atoms with E-state index in [1.165, 1.54) is 15.6 Å². The van der Waals surface area contributed by atoms with E-state index in [0.717, 1.165) is 11.3 Å². The highest BCUT2D eigenvalue weighted by Gasteiger charge is 2.21. The lowest BCUT2D eigenvalue weighted by Crippen LogP contribution is -2.25. The molecule has 0 saturated carbocycles. The van der Waals surface area contributed by atoms with Crippen LogP contribution in [0, 0.1) is 0 Å². The van der Waals surface area contributed by atoms with Crippen LogP contribution in [0.4, 0.5) is 5.69 Å². The van der Waals surface area contributed by atoms with Gasteiger partial charge in [0.05, 0.1) is 0 Å². The van der Waals surface area contributed by atoms with Crippen molar-refractivity contribution in [1.29, 1.82) is 0 Å². The van der Waals surface area contributed by atoms with Gasteiger partial charge >= 0.3 is 0 Å². The Morgan fingerprint density at radius 2 is 1.69 bits per heavy atom. The molecule has 0 atom stereocenters. The highest BCUT2D eigenvalue weighted by Crippen LogP contribution is 2.21. The van der Waals surface area contributed by atoms with Crippen molar-refractivity contribution >= 4 is 33.0 Å². The number of hydrogen-bond donors (Lipinski definition) is 1. The number of carbonyl (C=O) groups excluding carboxylic acids is 1. The van der Waals surface area contributed by atoms with Gasteiger partial charge in [-0.15, -0.1) is 11.3 Å². The molecule has 3 rings (SSSR count). The summed E-state index contributed by atoms with van der Waals surface area (Å²) in [6.45, 7) is 0.237. The Morgan fingerprint density at radius 3 is 2.31 bits per heavy atom. The van der Waals surface area contributed by atoms with Crippen molar-refractivity contribution in [1.82, 2.24) is 4.31 Å². The molecule has 0 saturated heterocycles. The smallest absolute Gasteiger partial charge is 0.255 e. The van der Waals surface area contributed by atoms with Gasteiger partial charge in [0.2, 0.25) is 0 Å². The quantitative estimate of drug-likeness (QED) is 0.700. The van der Waals surface area contributed by atoms with Crippen molar-refractivity contribution in [2.75, 3.05) is 12.4 Å². The zero-order chi connectivity index (χ0) is 18.6. The molecule has 0 aliphatic rings. The largest absolute Gasteiger partial charge is 0.322 e. The van der Waals surface area contributed by atoms with Crippen molar-refractivity contribution in [3.63, 3.8) is 0 Å². The number of carbonyl (C=O) groups is 1. The van der Waals surface area contributed by atoms with Crippen LogP contribution in [0.25, 0.3) is 0 Å². The lowest BCUT2D eigenvalue weighted by atomic mass is 10.1. The molecule has 5 nitrogen and oxygen atoms in total. The van der Waals surface area contributed by atoms with Gasteiger partial charge in [-0.1, -0.05) is 36.4 Å². The molecule has 1 aromatic heterocycles. The summed E-state index contributed by atoms with van der Waals surface area (Å²) in [4.78, 5) is 12.2. The molecule has 1 amide bonds. The number of nitrogens with one attached hydrogen (secondary N) is 1. The first-order chi connectivity index (χ1) is 12.5. The Balaban J connectivity index is 1.67. The van der Waals surface area contributed by atoms with Crippen LogP contribution in [0.1, 0.15) is 15.9 Å². The zero-order valence-electron chi connectivity index (χ0n) is 14.1. The normalized spacial score (nSPS) is 11.5. The number of para-hydroxylation sites is 1. The minimum atomic E-state index is -3.49. The van der Waals surface area contributed by atoms with Gasteiger partial charge in [-0.3, -0.25) is 4.79 Å². The summed E-state index contributed by atoms with van der Waals surface area (Å²) in [6.07, 6.45) is 0. The van der Waals surface area contributed by atoms with Gasteiger partial charge in [-0.05, 0) is 41.3 Å². The molecule has 0 fully saturated rings. The molecule has 0 radical (unpaired) electrons. The highest BCUT2D eigenvalue weighted by atomic mass is 32.2. The fraction of sp³-hybridized carbons (Fsp3) is 0.105. The molecule has 0 spiro atoms. The summed E-state index contributed by atoms with van der Waals surface area (Å²) in [6, 6.07) is 19.4. The van der Waals surface area contributed by atoms with Crippen LogP contribution in [-0.2, 0) is 16.6 Å². The number of hydrogen-bond acceptors (Lipinski definition) is 4. The fourth-order valence-electron chi connectivity index (χ4n) is 2.39. The van der Waals surface area contributed by atoms with E-state index >= 15 is 0 Å². The van der Waals surface area contributed by atoms with Crippen LogP contribution in [0.2, 0.25) is 0 Å². The molecule has 0 aliphatic carbocycles. The standard InChI is InChI=1S/C19H18N2O3S2/c1-21(26(23,24)18-8-5-13-25-18)14-15-9-11-16(12-10-15)19(22)20-17-6-3-2-4-7-17/h2-13H,14H2,1H3,(H,20,22). The van der Waals surface area contributed by atoms with Gasteiger partial charge in [0.1, 0.15) is 4.21 Å². The molecule has 2 aromatic carbocycles. The van der Waals surface area contributed by atoms with Crippen molar-refractivity contribution in [2.45, 2.75) is 10.8 Å². The summed E-state index contributed by atoms with van der Waals surface area (Å²) < 4.78 is 26.5. The Labute approximate surface area is 157 Å². The van der Waals surface area contributed by atoms with E-state index in [9.17, 15) is 13.2 Å². The first kappa shape index (κ1) is 18.3. The molecule has 1 heterocycles. The third-order valence-electron chi connectivity index (χ3n) is 3.81. The van der Waals surface area contributed by atoms with Gasteiger partial charge in [0.15, 0.2) is 0 Å². The van der Waals surface area contributed by atoms with Crippen LogP contribution < -0.4 is 5.32 Å². The summed E-state index contributed by atoms with van der Waals surface area (Å²) in [7, 11) is -1.94. The first-order valence-corrected chi connectivity index (χ1v) is 10.2. The molecule has 0 bridgehead atoms. The zero-order valence-corrected chi connectivity index (χ0v) is 15.8. The molecule has 134 valence electrons. The maximum Gasteiger partial charge on any atom is 0.255 e. The highest BCUT2D eigenvalue weighted by molar-refractivity contribution is 7.91. The minimum Gasteiger partial charge on any atom is -0.322 e. The van der Waals surface area contributed by atoms with Gasteiger partial charge in [-0.25, -0.2) is 8.42 Å². The second-order valence-corrected chi connectivity index (χ2v) is 8.93. The van der Waals surface area contributed by atoms with E-state index in [0.29, 0.717) is 9.77 Å². The molecular formula is C19H18N2O3S2. The lowest BCUT2D eigenvalue weighted by Gasteiger charge is -2.16. The average Bonchev–Trinajstić information content (AvgIpc) is 3.18. The lowest BCUT2D eigenvalue weighted by molar-refractivity contribution is 0.102. The van der Waals surface area contributed by atoms with Gasteiger partial charge < -0.3 is 5.32 Å². The summed E-state index contributed by atoms with van der Waals surface area (Å²) in [5.74, 6) is -0.206. The van der Waals surface area contributed by atoms with E-state index in [2.05, 4.69) is 5.32 Å². The molecule has 0 aliphatic heterocycles. The second-order valence-electron chi connectivity index (χ2n) is 5.71. The average molecular weight is 386 g/mol. The van der Waals surface area contributed by atoms with Crippen LogP contribution in [-0.4, -0.2) is 25.7 Å². The topological polar surface area (TPSA) is 66.5 Å². The number of benzene rings is 2. The number of nitrogens with zero attached hydrogens (tertiary/aromatic N) is 1. The van der Waals surface area contributed by atoms with Crippen molar-refractivity contribution < 1.29 is 13.2 Å². The summed E-state index contributed by atoms with van der Waals surface area (Å²) >= 11 is 1.19. The maximum atomic E-state index is 12.4. The maximum absolute atomic E-state index is 12.4. The van der Waals surface area contributed by atoms with Crippen molar-refractivity contribution in [2.24, 2.45) is 0 Å². The van der Waals surface area contributed by atoms with E-state index in [1.54, 1.807) is 48.8 Å². The summed E-state index contributed by atoms with van der Waals surface area (Å²) in [5.41, 5.74) is 2.05. The van der Waals surface area contributed by atoms with E-state index in [1.807, 2.05) is 30.3 Å². The molecule has 7 heteroatoms. The number of amides is 1. The predicted molar refractivity (Wildman–Crippen MR) is 104 cm³/mol. The SMILES string of the molecule is CN(Cc1ccc(C(=O)Nc2ccccc2)cc1)S(=O)(=O)c1cccs1. The third-order valence-corrected chi connectivity index (χ3v) is 6.99. The molecule has 26 heavy (non-hydrogen) atoms. The van der Waals surface area contributed by atoms with Crippen molar-refractivity contribution in [3.05, 3.63) is 83.2 Å². The molecule has 3 aromatic rings. The van der Waals surface area contributed by atoms with Crippen LogP contribution in [0.5, 0.6) is 0 Å². The molecular weight excluding hydrogens is 368 g/mol.